The summed E-state index contributed by atoms with van der Waals surface area (Å²) in [5, 5.41) is 9.73. The minimum Gasteiger partial charge on any atom is -0.396 e. The third-order valence-corrected chi connectivity index (χ3v) is 4.30. The first-order valence-corrected chi connectivity index (χ1v) is 7.39. The van der Waals surface area contributed by atoms with Crippen LogP contribution in [0.2, 0.25) is 0 Å². The van der Waals surface area contributed by atoms with Crippen molar-refractivity contribution in [3.8, 4) is 0 Å². The molecule has 3 atom stereocenters. The molecule has 2 aromatic rings. The Kier molecular flexibility index (Phi) is 4.50. The molecular formula is C18H18F2O2. The van der Waals surface area contributed by atoms with Gasteiger partial charge in [0.25, 0.3) is 0 Å². The molecule has 0 aromatic heterocycles. The van der Waals surface area contributed by atoms with Gasteiger partial charge in [0.05, 0.1) is 12.7 Å². The number of halogens is 2. The molecule has 1 aliphatic rings. The van der Waals surface area contributed by atoms with Gasteiger partial charge in [0.15, 0.2) is 0 Å². The lowest BCUT2D eigenvalue weighted by Gasteiger charge is -2.21. The molecule has 116 valence electrons. The molecule has 0 aliphatic carbocycles. The standard InChI is InChI=1S/C18H18F2O2/c19-15-5-1-12(2-6-15)9-14-11-22-18(17(14)10-21)13-3-7-16(20)8-4-13/h1-8,14,17-18,21H,9-11H2/t14-,17-,18+/m0/s1. The Hall–Kier alpha value is -1.78. The largest absolute Gasteiger partial charge is 0.396 e. The average molecular weight is 304 g/mol. The molecule has 22 heavy (non-hydrogen) atoms. The molecular weight excluding hydrogens is 286 g/mol. The molecule has 0 amide bonds. The van der Waals surface area contributed by atoms with E-state index in [1.165, 1.54) is 24.3 Å². The highest BCUT2D eigenvalue weighted by atomic mass is 19.1. The minimum absolute atomic E-state index is 0.00784. The van der Waals surface area contributed by atoms with Crippen LogP contribution in [0.5, 0.6) is 0 Å². The Bertz CT molecular complexity index is 610. The smallest absolute Gasteiger partial charge is 0.123 e. The molecule has 0 unspecified atom stereocenters. The van der Waals surface area contributed by atoms with Crippen LogP contribution in [0, 0.1) is 23.5 Å². The first-order valence-electron chi connectivity index (χ1n) is 7.39. The Balaban J connectivity index is 1.74. The van der Waals surface area contributed by atoms with E-state index in [0.29, 0.717) is 6.61 Å². The molecule has 1 N–H and O–H groups in total. The Labute approximate surface area is 128 Å². The van der Waals surface area contributed by atoms with Crippen LogP contribution in [0.1, 0.15) is 17.2 Å². The van der Waals surface area contributed by atoms with Crippen molar-refractivity contribution >= 4 is 0 Å². The maximum absolute atomic E-state index is 13.0. The predicted octanol–water partition coefficient (Wildman–Crippen LogP) is 3.50. The van der Waals surface area contributed by atoms with Crippen molar-refractivity contribution < 1.29 is 18.6 Å². The summed E-state index contributed by atoms with van der Waals surface area (Å²) in [6.07, 6.45) is 0.500. The van der Waals surface area contributed by atoms with Crippen LogP contribution in [0.25, 0.3) is 0 Å². The maximum Gasteiger partial charge on any atom is 0.123 e. The lowest BCUT2D eigenvalue weighted by Crippen LogP contribution is -2.21. The van der Waals surface area contributed by atoms with Gasteiger partial charge in [0, 0.05) is 12.5 Å². The molecule has 1 saturated heterocycles. The first-order chi connectivity index (χ1) is 10.7. The molecule has 2 nitrogen and oxygen atoms in total. The van der Waals surface area contributed by atoms with Crippen LogP contribution in [-0.2, 0) is 11.2 Å². The number of ether oxygens (including phenoxy) is 1. The summed E-state index contributed by atoms with van der Waals surface area (Å²) in [5.74, 6) is -0.430. The second kappa shape index (κ2) is 6.55. The molecule has 2 aromatic carbocycles. The van der Waals surface area contributed by atoms with Crippen LogP contribution in [0.4, 0.5) is 8.78 Å². The average Bonchev–Trinajstić information content (AvgIpc) is 2.93. The van der Waals surface area contributed by atoms with Gasteiger partial charge in [0.2, 0.25) is 0 Å². The topological polar surface area (TPSA) is 29.5 Å². The number of rotatable bonds is 4. The predicted molar refractivity (Wildman–Crippen MR) is 79.3 cm³/mol. The van der Waals surface area contributed by atoms with Gasteiger partial charge in [-0.05, 0) is 47.7 Å². The third kappa shape index (κ3) is 3.18. The van der Waals surface area contributed by atoms with Gasteiger partial charge in [-0.2, -0.15) is 0 Å². The number of hydrogen-bond acceptors (Lipinski definition) is 2. The fourth-order valence-corrected chi connectivity index (χ4v) is 3.10. The van der Waals surface area contributed by atoms with Crippen LogP contribution >= 0.6 is 0 Å². The van der Waals surface area contributed by atoms with E-state index in [9.17, 15) is 13.9 Å². The fourth-order valence-electron chi connectivity index (χ4n) is 3.10. The minimum atomic E-state index is -0.287. The highest BCUT2D eigenvalue weighted by Gasteiger charge is 2.37. The molecule has 0 saturated carbocycles. The van der Waals surface area contributed by atoms with E-state index in [0.717, 1.165) is 17.5 Å². The highest BCUT2D eigenvalue weighted by molar-refractivity contribution is 5.22. The summed E-state index contributed by atoms with van der Waals surface area (Å²) >= 11 is 0. The molecule has 0 spiro atoms. The Morgan fingerprint density at radius 2 is 1.55 bits per heavy atom. The summed E-state index contributed by atoms with van der Waals surface area (Å²) < 4.78 is 31.8. The maximum atomic E-state index is 13.0. The van der Waals surface area contributed by atoms with Crippen molar-refractivity contribution in [2.45, 2.75) is 12.5 Å². The molecule has 0 radical (unpaired) electrons. The van der Waals surface area contributed by atoms with Crippen molar-refractivity contribution in [1.29, 1.82) is 0 Å². The number of aliphatic hydroxyl groups is 1. The van der Waals surface area contributed by atoms with Crippen molar-refractivity contribution in [1.82, 2.24) is 0 Å². The summed E-state index contributed by atoms with van der Waals surface area (Å²) in [6, 6.07) is 12.6. The zero-order chi connectivity index (χ0) is 15.5. The van der Waals surface area contributed by atoms with Crippen molar-refractivity contribution in [2.75, 3.05) is 13.2 Å². The second-order valence-electron chi connectivity index (χ2n) is 5.74. The van der Waals surface area contributed by atoms with Crippen LogP contribution in [0.15, 0.2) is 48.5 Å². The highest BCUT2D eigenvalue weighted by Crippen LogP contribution is 2.39. The second-order valence-corrected chi connectivity index (χ2v) is 5.74. The van der Waals surface area contributed by atoms with E-state index in [1.54, 1.807) is 24.3 Å². The molecule has 3 rings (SSSR count). The molecule has 1 heterocycles. The SMILES string of the molecule is OC[C@H]1[C@@H](Cc2ccc(F)cc2)CO[C@@H]1c1ccc(F)cc1. The lowest BCUT2D eigenvalue weighted by atomic mass is 9.84. The number of hydrogen-bond donors (Lipinski definition) is 1. The molecule has 0 bridgehead atoms. The quantitative estimate of drug-likeness (QED) is 0.937. The van der Waals surface area contributed by atoms with Gasteiger partial charge in [-0.15, -0.1) is 0 Å². The summed E-state index contributed by atoms with van der Waals surface area (Å²) in [6.45, 7) is 0.540. The Morgan fingerprint density at radius 3 is 2.14 bits per heavy atom. The van der Waals surface area contributed by atoms with E-state index in [1.807, 2.05) is 0 Å². The normalized spacial score (nSPS) is 24.6. The van der Waals surface area contributed by atoms with Gasteiger partial charge < -0.3 is 9.84 Å². The van der Waals surface area contributed by atoms with Crippen molar-refractivity contribution in [3.63, 3.8) is 0 Å². The summed E-state index contributed by atoms with van der Waals surface area (Å²) in [5.41, 5.74) is 1.90. The van der Waals surface area contributed by atoms with Crippen LogP contribution in [0.3, 0.4) is 0 Å². The van der Waals surface area contributed by atoms with E-state index in [2.05, 4.69) is 0 Å². The van der Waals surface area contributed by atoms with Gasteiger partial charge in [-0.1, -0.05) is 24.3 Å². The molecule has 1 fully saturated rings. The zero-order valence-electron chi connectivity index (χ0n) is 12.1. The van der Waals surface area contributed by atoms with E-state index in [-0.39, 0.29) is 36.2 Å². The van der Waals surface area contributed by atoms with E-state index >= 15 is 0 Å². The van der Waals surface area contributed by atoms with Crippen LogP contribution in [-0.4, -0.2) is 18.3 Å². The first kappa shape index (κ1) is 15.1. The molecule has 1 aliphatic heterocycles. The third-order valence-electron chi connectivity index (χ3n) is 4.30. The van der Waals surface area contributed by atoms with E-state index in [4.69, 9.17) is 4.74 Å². The van der Waals surface area contributed by atoms with Crippen LogP contribution < -0.4 is 0 Å². The van der Waals surface area contributed by atoms with Gasteiger partial charge >= 0.3 is 0 Å². The van der Waals surface area contributed by atoms with Gasteiger partial charge in [0.1, 0.15) is 11.6 Å². The van der Waals surface area contributed by atoms with E-state index < -0.39 is 0 Å². The number of benzene rings is 2. The summed E-state index contributed by atoms with van der Waals surface area (Å²) in [4.78, 5) is 0. The molecule has 4 heteroatoms. The fraction of sp³-hybridized carbons (Fsp3) is 0.333. The van der Waals surface area contributed by atoms with Crippen molar-refractivity contribution in [2.24, 2.45) is 11.8 Å². The Morgan fingerprint density at radius 1 is 0.955 bits per heavy atom. The van der Waals surface area contributed by atoms with Gasteiger partial charge in [-0.25, -0.2) is 8.78 Å². The lowest BCUT2D eigenvalue weighted by molar-refractivity contribution is 0.0718. The van der Waals surface area contributed by atoms with Crippen molar-refractivity contribution in [3.05, 3.63) is 71.3 Å². The number of aliphatic hydroxyl groups excluding tert-OH is 1. The van der Waals surface area contributed by atoms with Gasteiger partial charge in [-0.3, -0.25) is 0 Å². The zero-order valence-corrected chi connectivity index (χ0v) is 12.1. The monoisotopic (exact) mass is 304 g/mol. The summed E-state index contributed by atoms with van der Waals surface area (Å²) in [7, 11) is 0.